The maximum atomic E-state index is 12.2. The molecule has 6 heteroatoms. The van der Waals surface area contributed by atoms with Gasteiger partial charge in [-0.3, -0.25) is 19.2 Å². The monoisotopic (exact) mass is 340 g/mol. The molecule has 0 saturated heterocycles. The van der Waals surface area contributed by atoms with Crippen LogP contribution < -0.4 is 10.6 Å². The van der Waals surface area contributed by atoms with Gasteiger partial charge in [0.1, 0.15) is 22.4 Å². The minimum Gasteiger partial charge on any atom is -0.353 e. The predicted molar refractivity (Wildman–Crippen MR) is 93.3 cm³/mol. The molecular weight excluding hydrogens is 308 g/mol. The zero-order valence-electron chi connectivity index (χ0n) is 16.2. The molecule has 2 N–H and O–H groups in total. The molecule has 0 unspecified atom stereocenters. The number of hydrogen-bond donors (Lipinski definition) is 2. The third-order valence-corrected chi connectivity index (χ3v) is 4.11. The maximum Gasteiger partial charge on any atom is 0.233 e. The fourth-order valence-electron chi connectivity index (χ4n) is 2.46. The van der Waals surface area contributed by atoms with Crippen molar-refractivity contribution in [1.82, 2.24) is 10.6 Å². The van der Waals surface area contributed by atoms with E-state index in [0.29, 0.717) is 0 Å². The number of carbonyl (C=O) groups excluding carboxylic acids is 4. The number of rotatable bonds is 9. The van der Waals surface area contributed by atoms with Crippen molar-refractivity contribution in [3.63, 3.8) is 0 Å². The van der Waals surface area contributed by atoms with Crippen LogP contribution in [0.3, 0.4) is 0 Å². The van der Waals surface area contributed by atoms with Crippen LogP contribution >= 0.6 is 0 Å². The molecule has 0 heterocycles. The third kappa shape index (κ3) is 5.42. The normalized spacial score (nSPS) is 12.2. The molecule has 0 fully saturated rings. The van der Waals surface area contributed by atoms with Crippen LogP contribution in [0.15, 0.2) is 0 Å². The number of Topliss-reactive ketones (excluding diaryl/α,β-unsaturated/α-hetero) is 2. The molecule has 6 nitrogen and oxygen atoms in total. The average Bonchev–Trinajstić information content (AvgIpc) is 2.48. The first-order valence-corrected chi connectivity index (χ1v) is 8.41. The van der Waals surface area contributed by atoms with Gasteiger partial charge in [-0.15, -0.1) is 0 Å². The van der Waals surface area contributed by atoms with Crippen molar-refractivity contribution in [3.8, 4) is 0 Å². The summed E-state index contributed by atoms with van der Waals surface area (Å²) < 4.78 is 0. The highest BCUT2D eigenvalue weighted by atomic mass is 16.2. The van der Waals surface area contributed by atoms with Gasteiger partial charge in [0.25, 0.3) is 0 Å². The van der Waals surface area contributed by atoms with Gasteiger partial charge in [-0.05, 0) is 27.7 Å². The van der Waals surface area contributed by atoms with Crippen LogP contribution in [0, 0.1) is 22.7 Å². The molecule has 0 radical (unpaired) electrons. The highest BCUT2D eigenvalue weighted by Gasteiger charge is 2.38. The first-order chi connectivity index (χ1) is 10.8. The van der Waals surface area contributed by atoms with E-state index in [-0.39, 0.29) is 48.3 Å². The van der Waals surface area contributed by atoms with Crippen molar-refractivity contribution in [2.45, 2.75) is 55.4 Å². The van der Waals surface area contributed by atoms with Crippen molar-refractivity contribution >= 4 is 23.4 Å². The van der Waals surface area contributed by atoms with E-state index in [1.54, 1.807) is 55.4 Å². The van der Waals surface area contributed by atoms with E-state index in [1.807, 2.05) is 0 Å². The van der Waals surface area contributed by atoms with Gasteiger partial charge in [-0.25, -0.2) is 0 Å². The van der Waals surface area contributed by atoms with Crippen LogP contribution in [-0.4, -0.2) is 36.5 Å². The highest BCUT2D eigenvalue weighted by Crippen LogP contribution is 2.22. The van der Waals surface area contributed by atoms with E-state index in [0.717, 1.165) is 0 Å². The second kappa shape index (κ2) is 8.40. The lowest BCUT2D eigenvalue weighted by Crippen LogP contribution is -2.48. The Balaban J connectivity index is 4.50. The van der Waals surface area contributed by atoms with Gasteiger partial charge in [0.15, 0.2) is 0 Å². The van der Waals surface area contributed by atoms with Crippen molar-refractivity contribution in [3.05, 3.63) is 0 Å². The zero-order valence-corrected chi connectivity index (χ0v) is 16.2. The second-order valence-electron chi connectivity index (χ2n) is 7.80. The molecule has 0 aromatic rings. The Morgan fingerprint density at radius 2 is 0.917 bits per heavy atom. The van der Waals surface area contributed by atoms with Crippen molar-refractivity contribution in [2.24, 2.45) is 22.7 Å². The summed E-state index contributed by atoms with van der Waals surface area (Å²) in [5.41, 5.74) is -2.21. The number of carbonyl (C=O) groups is 4. The third-order valence-electron chi connectivity index (χ3n) is 4.11. The summed E-state index contributed by atoms with van der Waals surface area (Å²) in [7, 11) is 0. The highest BCUT2D eigenvalue weighted by molar-refractivity contribution is 6.06. The molecule has 0 aromatic heterocycles. The van der Waals surface area contributed by atoms with Crippen LogP contribution in [0.25, 0.3) is 0 Å². The van der Waals surface area contributed by atoms with E-state index < -0.39 is 10.8 Å². The summed E-state index contributed by atoms with van der Waals surface area (Å²) in [6.45, 7) is 13.8. The quantitative estimate of drug-likeness (QED) is 0.494. The van der Waals surface area contributed by atoms with Crippen LogP contribution in [-0.2, 0) is 19.2 Å². The molecule has 0 spiro atoms. The van der Waals surface area contributed by atoms with Gasteiger partial charge in [0.2, 0.25) is 11.8 Å². The second-order valence-corrected chi connectivity index (χ2v) is 7.80. The predicted octanol–water partition coefficient (Wildman–Crippen LogP) is 1.72. The molecule has 0 aliphatic heterocycles. The molecule has 0 bridgehead atoms. The Bertz CT molecular complexity index is 459. The number of amides is 2. The number of nitrogens with one attached hydrogen (secondary N) is 2. The fraction of sp³-hybridized carbons (Fsp3) is 0.778. The zero-order chi connectivity index (χ0) is 19.3. The molecule has 0 aromatic carbocycles. The summed E-state index contributed by atoms with van der Waals surface area (Å²) in [6.07, 6.45) is 0. The Labute approximate surface area is 145 Å². The van der Waals surface area contributed by atoms with E-state index in [9.17, 15) is 19.2 Å². The Kier molecular flexibility index (Phi) is 7.80. The standard InChI is InChI=1S/C18H32N2O4/c1-11(2)13(21)17(5,6)15(23)19-9-10-20-16(24)18(7,8)14(22)12(3)4/h11-12H,9-10H2,1-8H3,(H,19,23)(H,20,24). The molecule has 0 aliphatic carbocycles. The van der Waals surface area contributed by atoms with Crippen LogP contribution in [0.1, 0.15) is 55.4 Å². The maximum absolute atomic E-state index is 12.2. The topological polar surface area (TPSA) is 92.3 Å². The Morgan fingerprint density at radius 3 is 1.12 bits per heavy atom. The molecular formula is C18H32N2O4. The number of ketones is 2. The summed E-state index contributed by atoms with van der Waals surface area (Å²) in [5, 5.41) is 5.32. The molecule has 2 amide bonds. The van der Waals surface area contributed by atoms with Crippen LogP contribution in [0.5, 0.6) is 0 Å². The molecule has 138 valence electrons. The van der Waals surface area contributed by atoms with E-state index in [4.69, 9.17) is 0 Å². The van der Waals surface area contributed by atoms with Crippen molar-refractivity contribution in [1.29, 1.82) is 0 Å². The lowest BCUT2D eigenvalue weighted by molar-refractivity contribution is -0.143. The van der Waals surface area contributed by atoms with E-state index in [2.05, 4.69) is 10.6 Å². The Hall–Kier alpha value is -1.72. The van der Waals surface area contributed by atoms with Crippen LogP contribution in [0.4, 0.5) is 0 Å². The molecule has 0 aliphatic rings. The van der Waals surface area contributed by atoms with E-state index >= 15 is 0 Å². The van der Waals surface area contributed by atoms with Crippen molar-refractivity contribution in [2.75, 3.05) is 13.1 Å². The van der Waals surface area contributed by atoms with Gasteiger partial charge < -0.3 is 10.6 Å². The number of hydrogen-bond acceptors (Lipinski definition) is 4. The van der Waals surface area contributed by atoms with Crippen molar-refractivity contribution < 1.29 is 19.2 Å². The molecule has 0 atom stereocenters. The van der Waals surface area contributed by atoms with Gasteiger partial charge in [-0.2, -0.15) is 0 Å². The van der Waals surface area contributed by atoms with Gasteiger partial charge >= 0.3 is 0 Å². The summed E-state index contributed by atoms with van der Waals surface area (Å²) in [4.78, 5) is 48.4. The van der Waals surface area contributed by atoms with Crippen LogP contribution in [0.2, 0.25) is 0 Å². The smallest absolute Gasteiger partial charge is 0.233 e. The van der Waals surface area contributed by atoms with Gasteiger partial charge in [0.05, 0.1) is 0 Å². The van der Waals surface area contributed by atoms with E-state index in [1.165, 1.54) is 0 Å². The molecule has 24 heavy (non-hydrogen) atoms. The lowest BCUT2D eigenvalue weighted by Gasteiger charge is -2.25. The minimum absolute atomic E-state index is 0.132. The Morgan fingerprint density at radius 1 is 0.667 bits per heavy atom. The lowest BCUT2D eigenvalue weighted by atomic mass is 9.81. The minimum atomic E-state index is -1.11. The summed E-state index contributed by atoms with van der Waals surface area (Å²) in [5.74, 6) is -1.46. The molecule has 0 saturated carbocycles. The summed E-state index contributed by atoms with van der Waals surface area (Å²) >= 11 is 0. The first-order valence-electron chi connectivity index (χ1n) is 8.41. The fourth-order valence-corrected chi connectivity index (χ4v) is 2.46. The average molecular weight is 340 g/mol. The van der Waals surface area contributed by atoms with Gasteiger partial charge in [-0.1, -0.05) is 27.7 Å². The SMILES string of the molecule is CC(C)C(=O)C(C)(C)C(=O)NCCNC(=O)C(C)(C)C(=O)C(C)C. The van der Waals surface area contributed by atoms with Gasteiger partial charge in [0, 0.05) is 24.9 Å². The largest absolute Gasteiger partial charge is 0.353 e. The summed E-state index contributed by atoms with van der Waals surface area (Å²) in [6, 6.07) is 0. The molecule has 0 rings (SSSR count). The first kappa shape index (κ1) is 22.3.